The van der Waals surface area contributed by atoms with E-state index >= 15 is 0 Å². The largest absolute Gasteiger partial charge is 0.449 e. The summed E-state index contributed by atoms with van der Waals surface area (Å²) < 4.78 is 9.33. The molecular formula is C24H22N4O4S. The fraction of sp³-hybridized carbons (Fsp3) is 0.167. The number of aromatic nitrogens is 3. The zero-order valence-electron chi connectivity index (χ0n) is 18.3. The summed E-state index contributed by atoms with van der Waals surface area (Å²) in [5.74, 6) is -1.27. The van der Waals surface area contributed by atoms with Crippen molar-refractivity contribution in [2.24, 2.45) is 7.05 Å². The van der Waals surface area contributed by atoms with E-state index in [9.17, 15) is 14.4 Å². The molecule has 2 heterocycles. The summed E-state index contributed by atoms with van der Waals surface area (Å²) in [5, 5.41) is 3.26. The smallest absolute Gasteiger partial charge is 0.331 e. The summed E-state index contributed by atoms with van der Waals surface area (Å²) >= 11 is 1.45. The third-order valence-corrected chi connectivity index (χ3v) is 6.14. The highest BCUT2D eigenvalue weighted by Crippen LogP contribution is 2.22. The number of carbonyl (C=O) groups is 2. The maximum Gasteiger partial charge on any atom is 0.331 e. The SMILES string of the molecule is Cc1c(NC(=O)C(C)OC(=O)C=Cc2nc3ccccc3s2)c(=O)n(-c2ccccc2)n1C. The zero-order chi connectivity index (χ0) is 23.5. The molecule has 1 unspecified atom stereocenters. The Labute approximate surface area is 193 Å². The van der Waals surface area contributed by atoms with E-state index in [1.54, 1.807) is 36.9 Å². The highest BCUT2D eigenvalue weighted by Gasteiger charge is 2.22. The van der Waals surface area contributed by atoms with Gasteiger partial charge in [0.05, 0.1) is 21.6 Å². The minimum absolute atomic E-state index is 0.138. The number of hydrogen-bond acceptors (Lipinski definition) is 6. The van der Waals surface area contributed by atoms with Crippen LogP contribution in [-0.2, 0) is 21.4 Å². The first-order chi connectivity index (χ1) is 15.8. The Morgan fingerprint density at radius 3 is 2.55 bits per heavy atom. The number of anilines is 1. The van der Waals surface area contributed by atoms with Crippen molar-refractivity contribution in [3.63, 3.8) is 0 Å². The Hall–Kier alpha value is -3.98. The van der Waals surface area contributed by atoms with Crippen LogP contribution < -0.4 is 10.9 Å². The number of nitrogens with zero attached hydrogens (tertiary/aromatic N) is 3. The van der Waals surface area contributed by atoms with Crippen LogP contribution in [0.4, 0.5) is 5.69 Å². The van der Waals surface area contributed by atoms with E-state index in [2.05, 4.69) is 10.3 Å². The summed E-state index contributed by atoms with van der Waals surface area (Å²) in [6, 6.07) is 16.8. The highest BCUT2D eigenvalue weighted by atomic mass is 32.1. The van der Waals surface area contributed by atoms with Gasteiger partial charge in [-0.1, -0.05) is 30.3 Å². The Morgan fingerprint density at radius 2 is 1.82 bits per heavy atom. The fourth-order valence-corrected chi connectivity index (χ4v) is 4.18. The van der Waals surface area contributed by atoms with Gasteiger partial charge in [-0.2, -0.15) is 0 Å². The number of amides is 1. The zero-order valence-corrected chi connectivity index (χ0v) is 19.1. The third kappa shape index (κ3) is 4.63. The van der Waals surface area contributed by atoms with Gasteiger partial charge in [0.2, 0.25) is 0 Å². The molecule has 0 saturated carbocycles. The second-order valence-electron chi connectivity index (χ2n) is 7.36. The van der Waals surface area contributed by atoms with Gasteiger partial charge in [-0.05, 0) is 44.2 Å². The molecule has 1 N–H and O–H groups in total. The van der Waals surface area contributed by atoms with E-state index in [0.717, 1.165) is 10.2 Å². The van der Waals surface area contributed by atoms with Crippen LogP contribution in [0.1, 0.15) is 17.6 Å². The lowest BCUT2D eigenvalue weighted by atomic mass is 10.3. The van der Waals surface area contributed by atoms with E-state index in [-0.39, 0.29) is 11.2 Å². The lowest BCUT2D eigenvalue weighted by Gasteiger charge is -2.11. The molecule has 0 aliphatic rings. The molecule has 2 aromatic heterocycles. The van der Waals surface area contributed by atoms with Gasteiger partial charge in [-0.3, -0.25) is 14.3 Å². The second kappa shape index (κ2) is 9.25. The van der Waals surface area contributed by atoms with E-state index in [1.165, 1.54) is 29.0 Å². The molecule has 0 fully saturated rings. The van der Waals surface area contributed by atoms with Crippen LogP contribution in [-0.4, -0.2) is 32.3 Å². The topological polar surface area (TPSA) is 95.2 Å². The predicted molar refractivity (Wildman–Crippen MR) is 129 cm³/mol. The lowest BCUT2D eigenvalue weighted by molar-refractivity contribution is -0.148. The van der Waals surface area contributed by atoms with Crippen molar-refractivity contribution in [3.8, 4) is 5.69 Å². The normalized spacial score (nSPS) is 12.2. The molecule has 0 spiro atoms. The van der Waals surface area contributed by atoms with E-state index in [1.807, 2.05) is 42.5 Å². The van der Waals surface area contributed by atoms with Crippen LogP contribution in [0.5, 0.6) is 0 Å². The summed E-state index contributed by atoms with van der Waals surface area (Å²) in [6.07, 6.45) is 1.69. The monoisotopic (exact) mass is 462 g/mol. The third-order valence-electron chi connectivity index (χ3n) is 5.14. The number of para-hydroxylation sites is 2. The average Bonchev–Trinajstić information content (AvgIpc) is 3.32. The molecule has 168 valence electrons. The minimum Gasteiger partial charge on any atom is -0.449 e. The number of benzene rings is 2. The molecule has 1 amide bonds. The van der Waals surface area contributed by atoms with Crippen LogP contribution in [0.15, 0.2) is 65.5 Å². The second-order valence-corrected chi connectivity index (χ2v) is 8.42. The number of carbonyl (C=O) groups excluding carboxylic acids is 2. The van der Waals surface area contributed by atoms with Crippen molar-refractivity contribution >= 4 is 45.2 Å². The van der Waals surface area contributed by atoms with Crippen LogP contribution in [0.3, 0.4) is 0 Å². The van der Waals surface area contributed by atoms with Crippen LogP contribution in [0.25, 0.3) is 22.0 Å². The Kier molecular flexibility index (Phi) is 6.23. The lowest BCUT2D eigenvalue weighted by Crippen LogP contribution is -2.31. The average molecular weight is 463 g/mol. The van der Waals surface area contributed by atoms with Gasteiger partial charge >= 0.3 is 5.97 Å². The molecule has 4 aromatic rings. The summed E-state index contributed by atoms with van der Waals surface area (Å²) in [7, 11) is 1.73. The number of nitrogens with one attached hydrogen (secondary N) is 1. The van der Waals surface area contributed by atoms with Crippen molar-refractivity contribution in [2.75, 3.05) is 5.32 Å². The molecular weight excluding hydrogens is 440 g/mol. The van der Waals surface area contributed by atoms with Crippen molar-refractivity contribution in [1.82, 2.24) is 14.3 Å². The van der Waals surface area contributed by atoms with Gasteiger partial charge < -0.3 is 10.1 Å². The van der Waals surface area contributed by atoms with E-state index < -0.39 is 18.0 Å². The number of fused-ring (bicyclic) bond motifs is 1. The van der Waals surface area contributed by atoms with Crippen molar-refractivity contribution in [2.45, 2.75) is 20.0 Å². The molecule has 33 heavy (non-hydrogen) atoms. The molecule has 2 aromatic carbocycles. The molecule has 0 aliphatic heterocycles. The van der Waals surface area contributed by atoms with Crippen molar-refractivity contribution in [1.29, 1.82) is 0 Å². The fourth-order valence-electron chi connectivity index (χ4n) is 3.30. The molecule has 0 bridgehead atoms. The summed E-state index contributed by atoms with van der Waals surface area (Å²) in [6.45, 7) is 3.18. The number of thiazole rings is 1. The summed E-state index contributed by atoms with van der Waals surface area (Å²) in [5.41, 5.74) is 1.87. The van der Waals surface area contributed by atoms with Crippen molar-refractivity contribution in [3.05, 3.63) is 81.7 Å². The number of hydrogen-bond donors (Lipinski definition) is 1. The highest BCUT2D eigenvalue weighted by molar-refractivity contribution is 7.19. The number of esters is 1. The Balaban J connectivity index is 1.43. The predicted octanol–water partition coefficient (Wildman–Crippen LogP) is 3.68. The van der Waals surface area contributed by atoms with Crippen LogP contribution in [0.2, 0.25) is 0 Å². The molecule has 4 rings (SSSR count). The van der Waals surface area contributed by atoms with Gasteiger partial charge in [-0.15, -0.1) is 11.3 Å². The number of rotatable bonds is 6. The molecule has 8 nitrogen and oxygen atoms in total. The van der Waals surface area contributed by atoms with E-state index in [0.29, 0.717) is 16.4 Å². The van der Waals surface area contributed by atoms with Crippen molar-refractivity contribution < 1.29 is 14.3 Å². The molecule has 0 aliphatic carbocycles. The first-order valence-electron chi connectivity index (χ1n) is 10.2. The van der Waals surface area contributed by atoms with E-state index in [4.69, 9.17) is 4.74 Å². The Bertz CT molecular complexity index is 1380. The van der Waals surface area contributed by atoms with Crippen LogP contribution >= 0.6 is 11.3 Å². The van der Waals surface area contributed by atoms with Gasteiger partial charge in [0.25, 0.3) is 11.5 Å². The van der Waals surface area contributed by atoms with Crippen LogP contribution in [0, 0.1) is 6.92 Å². The molecule has 0 saturated heterocycles. The van der Waals surface area contributed by atoms with Gasteiger partial charge in [-0.25, -0.2) is 14.5 Å². The van der Waals surface area contributed by atoms with Gasteiger partial charge in [0.15, 0.2) is 6.10 Å². The first kappa shape index (κ1) is 22.2. The Morgan fingerprint density at radius 1 is 1.12 bits per heavy atom. The standard InChI is InChI=1S/C24H22N4O4S/c1-15-22(24(31)28(27(15)3)17-9-5-4-6-10-17)26-23(30)16(2)32-21(29)14-13-20-25-18-11-7-8-12-19(18)33-20/h4-14,16H,1-3H3,(H,26,30). The minimum atomic E-state index is -1.10. The molecule has 1 atom stereocenters. The maximum atomic E-state index is 12.9. The van der Waals surface area contributed by atoms with Gasteiger partial charge in [0.1, 0.15) is 10.7 Å². The first-order valence-corrected chi connectivity index (χ1v) is 11.1. The molecule has 9 heteroatoms. The molecule has 0 radical (unpaired) electrons. The number of ether oxygens (including phenoxy) is 1. The summed E-state index contributed by atoms with van der Waals surface area (Å²) in [4.78, 5) is 42.2. The maximum absolute atomic E-state index is 12.9. The quantitative estimate of drug-likeness (QED) is 0.348. The van der Waals surface area contributed by atoms with Gasteiger partial charge in [0, 0.05) is 13.1 Å².